The molecule has 0 radical (unpaired) electrons. The van der Waals surface area contributed by atoms with Crippen molar-refractivity contribution in [1.29, 1.82) is 0 Å². The smallest absolute Gasteiger partial charge is 0.127 e. The topological polar surface area (TPSA) is 34.4 Å². The zero-order valence-electron chi connectivity index (χ0n) is 12.1. The number of ether oxygens (including phenoxy) is 1. The van der Waals surface area contributed by atoms with Crippen LogP contribution in [0.2, 0.25) is 0 Å². The first kappa shape index (κ1) is 13.3. The molecule has 3 nitrogen and oxygen atoms in total. The summed E-state index contributed by atoms with van der Waals surface area (Å²) in [5, 5.41) is 3.51. The SMILES string of the molecule is CCNC(c1ccc(CC)o1)c1cccc2c1OCC2. The summed E-state index contributed by atoms with van der Waals surface area (Å²) in [6.07, 6.45) is 1.92. The average molecular weight is 271 g/mol. The largest absolute Gasteiger partial charge is 0.493 e. The van der Waals surface area contributed by atoms with E-state index in [0.29, 0.717) is 0 Å². The van der Waals surface area contributed by atoms with E-state index in [9.17, 15) is 0 Å². The minimum atomic E-state index is 0.0633. The van der Waals surface area contributed by atoms with Crippen molar-refractivity contribution in [3.05, 3.63) is 53.0 Å². The van der Waals surface area contributed by atoms with Crippen LogP contribution in [0.15, 0.2) is 34.7 Å². The first-order valence-electron chi connectivity index (χ1n) is 7.40. The van der Waals surface area contributed by atoms with Crippen LogP contribution in [0.25, 0.3) is 0 Å². The Morgan fingerprint density at radius 2 is 2.10 bits per heavy atom. The zero-order valence-corrected chi connectivity index (χ0v) is 12.1. The van der Waals surface area contributed by atoms with Crippen LogP contribution in [0.1, 0.15) is 42.5 Å². The number of nitrogens with one attached hydrogen (secondary N) is 1. The monoisotopic (exact) mass is 271 g/mol. The third kappa shape index (κ3) is 2.34. The number of fused-ring (bicyclic) bond motifs is 1. The van der Waals surface area contributed by atoms with Gasteiger partial charge in [-0.3, -0.25) is 0 Å². The molecule has 3 heteroatoms. The van der Waals surface area contributed by atoms with Crippen LogP contribution in [-0.2, 0) is 12.8 Å². The van der Waals surface area contributed by atoms with Crippen LogP contribution in [0, 0.1) is 0 Å². The maximum absolute atomic E-state index is 5.94. The highest BCUT2D eigenvalue weighted by Crippen LogP contribution is 2.36. The minimum absolute atomic E-state index is 0.0633. The molecule has 1 unspecified atom stereocenters. The summed E-state index contributed by atoms with van der Waals surface area (Å²) in [4.78, 5) is 0. The van der Waals surface area contributed by atoms with Crippen molar-refractivity contribution >= 4 is 0 Å². The molecule has 0 saturated heterocycles. The molecule has 2 aromatic rings. The van der Waals surface area contributed by atoms with Gasteiger partial charge < -0.3 is 14.5 Å². The van der Waals surface area contributed by atoms with Crippen molar-refractivity contribution < 1.29 is 9.15 Å². The van der Waals surface area contributed by atoms with Crippen LogP contribution in [0.3, 0.4) is 0 Å². The Morgan fingerprint density at radius 3 is 2.85 bits per heavy atom. The Hall–Kier alpha value is -1.74. The van der Waals surface area contributed by atoms with Gasteiger partial charge in [0.15, 0.2) is 0 Å². The maximum Gasteiger partial charge on any atom is 0.127 e. The lowest BCUT2D eigenvalue weighted by Gasteiger charge is -2.18. The van der Waals surface area contributed by atoms with E-state index < -0.39 is 0 Å². The Kier molecular flexibility index (Phi) is 3.79. The van der Waals surface area contributed by atoms with Gasteiger partial charge in [0.05, 0.1) is 12.6 Å². The van der Waals surface area contributed by atoms with E-state index in [4.69, 9.17) is 9.15 Å². The first-order valence-corrected chi connectivity index (χ1v) is 7.40. The Balaban J connectivity index is 2.00. The quantitative estimate of drug-likeness (QED) is 0.904. The molecule has 1 aromatic carbocycles. The summed E-state index contributed by atoms with van der Waals surface area (Å²) in [7, 11) is 0. The lowest BCUT2D eigenvalue weighted by Crippen LogP contribution is -2.22. The molecule has 20 heavy (non-hydrogen) atoms. The minimum Gasteiger partial charge on any atom is -0.493 e. The summed E-state index contributed by atoms with van der Waals surface area (Å²) in [6, 6.07) is 10.6. The molecule has 0 spiro atoms. The van der Waals surface area contributed by atoms with Crippen molar-refractivity contribution in [2.45, 2.75) is 32.7 Å². The fourth-order valence-electron chi connectivity index (χ4n) is 2.78. The predicted octanol–water partition coefficient (Wildman–Crippen LogP) is 3.48. The molecule has 1 N–H and O–H groups in total. The molecule has 1 atom stereocenters. The molecule has 2 heterocycles. The number of rotatable bonds is 5. The average Bonchev–Trinajstić information content (AvgIpc) is 3.12. The van der Waals surface area contributed by atoms with Gasteiger partial charge in [-0.05, 0) is 24.2 Å². The normalized spacial score (nSPS) is 14.9. The maximum atomic E-state index is 5.94. The molecule has 1 aromatic heterocycles. The second-order valence-corrected chi connectivity index (χ2v) is 5.08. The summed E-state index contributed by atoms with van der Waals surface area (Å²) >= 11 is 0. The van der Waals surface area contributed by atoms with E-state index in [-0.39, 0.29) is 6.04 Å². The Bertz CT molecular complexity index is 588. The van der Waals surface area contributed by atoms with Crippen LogP contribution < -0.4 is 10.1 Å². The van der Waals surface area contributed by atoms with Crippen molar-refractivity contribution in [3.8, 4) is 5.75 Å². The third-order valence-corrected chi connectivity index (χ3v) is 3.78. The number of aryl methyl sites for hydroxylation is 1. The molecular formula is C17H21NO2. The number of hydrogen-bond acceptors (Lipinski definition) is 3. The highest BCUT2D eigenvalue weighted by molar-refractivity contribution is 5.47. The second kappa shape index (κ2) is 5.71. The van der Waals surface area contributed by atoms with E-state index in [1.165, 1.54) is 11.1 Å². The van der Waals surface area contributed by atoms with Crippen molar-refractivity contribution in [3.63, 3.8) is 0 Å². The third-order valence-electron chi connectivity index (χ3n) is 3.78. The predicted molar refractivity (Wildman–Crippen MR) is 79.2 cm³/mol. The molecule has 3 rings (SSSR count). The van der Waals surface area contributed by atoms with Gasteiger partial charge in [0, 0.05) is 18.4 Å². The van der Waals surface area contributed by atoms with Crippen molar-refractivity contribution in [2.24, 2.45) is 0 Å². The summed E-state index contributed by atoms with van der Waals surface area (Å²) in [6.45, 7) is 5.88. The molecule has 0 aliphatic carbocycles. The fourth-order valence-corrected chi connectivity index (χ4v) is 2.78. The summed E-state index contributed by atoms with van der Waals surface area (Å²) < 4.78 is 11.8. The van der Waals surface area contributed by atoms with Gasteiger partial charge in [0.1, 0.15) is 17.3 Å². The molecule has 0 fully saturated rings. The molecule has 0 saturated carbocycles. The van der Waals surface area contributed by atoms with Gasteiger partial charge in [-0.15, -0.1) is 0 Å². The summed E-state index contributed by atoms with van der Waals surface area (Å²) in [5.74, 6) is 3.02. The molecule has 0 amide bonds. The second-order valence-electron chi connectivity index (χ2n) is 5.08. The van der Waals surface area contributed by atoms with Crippen molar-refractivity contribution in [2.75, 3.05) is 13.2 Å². The van der Waals surface area contributed by atoms with E-state index >= 15 is 0 Å². The Labute approximate surface area is 119 Å². The standard InChI is InChI=1S/C17H21NO2/c1-3-13-8-9-15(20-13)16(18-4-2)14-7-5-6-12-10-11-19-17(12)14/h5-9,16,18H,3-4,10-11H2,1-2H3. The van der Waals surface area contributed by atoms with E-state index in [1.54, 1.807) is 0 Å². The molecule has 1 aliphatic heterocycles. The van der Waals surface area contributed by atoms with E-state index in [2.05, 4.69) is 49.5 Å². The van der Waals surface area contributed by atoms with Gasteiger partial charge >= 0.3 is 0 Å². The zero-order chi connectivity index (χ0) is 13.9. The van der Waals surface area contributed by atoms with Crippen LogP contribution >= 0.6 is 0 Å². The van der Waals surface area contributed by atoms with Crippen LogP contribution in [0.5, 0.6) is 5.75 Å². The highest BCUT2D eigenvalue weighted by atomic mass is 16.5. The molecule has 0 bridgehead atoms. The van der Waals surface area contributed by atoms with Crippen molar-refractivity contribution in [1.82, 2.24) is 5.32 Å². The highest BCUT2D eigenvalue weighted by Gasteiger charge is 2.24. The first-order chi connectivity index (χ1) is 9.83. The Morgan fingerprint density at radius 1 is 1.20 bits per heavy atom. The molecular weight excluding hydrogens is 250 g/mol. The van der Waals surface area contributed by atoms with Gasteiger partial charge in [-0.2, -0.15) is 0 Å². The number of para-hydroxylation sites is 1. The van der Waals surface area contributed by atoms with E-state index in [0.717, 1.165) is 43.3 Å². The van der Waals surface area contributed by atoms with Crippen LogP contribution in [-0.4, -0.2) is 13.2 Å². The molecule has 1 aliphatic rings. The van der Waals surface area contributed by atoms with E-state index in [1.807, 2.05) is 0 Å². The number of furan rings is 1. The van der Waals surface area contributed by atoms with Gasteiger partial charge in [0.2, 0.25) is 0 Å². The lowest BCUT2D eigenvalue weighted by atomic mass is 10.00. The molecule has 106 valence electrons. The van der Waals surface area contributed by atoms with Gasteiger partial charge in [-0.25, -0.2) is 0 Å². The van der Waals surface area contributed by atoms with Gasteiger partial charge in [-0.1, -0.05) is 32.0 Å². The lowest BCUT2D eigenvalue weighted by molar-refractivity contribution is 0.346. The number of hydrogen-bond donors (Lipinski definition) is 1. The number of benzene rings is 1. The van der Waals surface area contributed by atoms with Gasteiger partial charge in [0.25, 0.3) is 0 Å². The van der Waals surface area contributed by atoms with Crippen LogP contribution in [0.4, 0.5) is 0 Å². The summed E-state index contributed by atoms with van der Waals surface area (Å²) in [5.41, 5.74) is 2.48. The fraction of sp³-hybridized carbons (Fsp3) is 0.412.